The molecular weight excluding hydrogens is 469 g/mol. The summed E-state index contributed by atoms with van der Waals surface area (Å²) in [5.74, 6) is 0.137. The molecule has 0 radical (unpaired) electrons. The van der Waals surface area contributed by atoms with Crippen LogP contribution in [0.4, 0.5) is 23.8 Å². The molecule has 0 spiro atoms. The molecule has 1 N–H and O–H groups in total. The number of hydrogen-bond donors (Lipinski definition) is 1. The monoisotopic (exact) mass is 496 g/mol. The average Bonchev–Trinajstić information content (AvgIpc) is 3.28. The lowest BCUT2D eigenvalue weighted by molar-refractivity contribution is -0.139. The predicted octanol–water partition coefficient (Wildman–Crippen LogP) is 3.10. The molecule has 10 nitrogen and oxygen atoms in total. The Kier molecular flexibility index (Phi) is 6.60. The van der Waals surface area contributed by atoms with Crippen molar-refractivity contribution in [3.05, 3.63) is 24.2 Å². The van der Waals surface area contributed by atoms with Gasteiger partial charge in [0.15, 0.2) is 0 Å². The Morgan fingerprint density at radius 3 is 2.37 bits per heavy atom. The SMILES string of the molecule is CC(C)(C)OC(=O)NC1CC(C(=O)N2CCN(c3ncc(C(F)(F)F)cc3-c3ncon3)CC2)C1. The Labute approximate surface area is 199 Å². The Morgan fingerprint density at radius 1 is 1.11 bits per heavy atom. The number of pyridine rings is 1. The molecule has 2 fully saturated rings. The maximum absolute atomic E-state index is 13.2. The van der Waals surface area contributed by atoms with Crippen molar-refractivity contribution in [2.45, 2.75) is 51.4 Å². The molecule has 0 aromatic carbocycles. The molecule has 2 aliphatic rings. The van der Waals surface area contributed by atoms with Gasteiger partial charge in [-0.05, 0) is 39.7 Å². The van der Waals surface area contributed by atoms with E-state index in [-0.39, 0.29) is 29.3 Å². The molecule has 13 heteroatoms. The summed E-state index contributed by atoms with van der Waals surface area (Å²) < 4.78 is 49.6. The quantitative estimate of drug-likeness (QED) is 0.687. The van der Waals surface area contributed by atoms with Gasteiger partial charge in [-0.2, -0.15) is 18.2 Å². The molecule has 1 saturated carbocycles. The van der Waals surface area contributed by atoms with E-state index in [2.05, 4.69) is 20.4 Å². The third kappa shape index (κ3) is 5.82. The first-order chi connectivity index (χ1) is 16.4. The lowest BCUT2D eigenvalue weighted by atomic mass is 9.79. The number of anilines is 1. The zero-order chi connectivity index (χ0) is 25.4. The van der Waals surface area contributed by atoms with Gasteiger partial charge in [0, 0.05) is 44.3 Å². The van der Waals surface area contributed by atoms with Crippen LogP contribution in [-0.4, -0.2) is 69.8 Å². The second kappa shape index (κ2) is 9.34. The van der Waals surface area contributed by atoms with Crippen molar-refractivity contribution in [1.29, 1.82) is 0 Å². The summed E-state index contributed by atoms with van der Waals surface area (Å²) in [7, 11) is 0. The minimum Gasteiger partial charge on any atom is -0.444 e. The van der Waals surface area contributed by atoms with E-state index in [0.29, 0.717) is 44.8 Å². The number of alkyl carbamates (subject to hydrolysis) is 1. The van der Waals surface area contributed by atoms with Gasteiger partial charge in [-0.15, -0.1) is 0 Å². The summed E-state index contributed by atoms with van der Waals surface area (Å²) >= 11 is 0. The highest BCUT2D eigenvalue weighted by atomic mass is 19.4. The molecule has 2 amide bonds. The average molecular weight is 496 g/mol. The molecule has 2 aromatic rings. The Morgan fingerprint density at radius 2 is 1.80 bits per heavy atom. The molecule has 1 aliphatic carbocycles. The van der Waals surface area contributed by atoms with Gasteiger partial charge < -0.3 is 24.4 Å². The second-order valence-electron chi connectivity index (χ2n) is 9.67. The van der Waals surface area contributed by atoms with Crippen molar-refractivity contribution in [3.63, 3.8) is 0 Å². The van der Waals surface area contributed by atoms with Crippen LogP contribution in [0.15, 0.2) is 23.2 Å². The molecule has 0 unspecified atom stereocenters. The molecule has 4 rings (SSSR count). The Balaban J connectivity index is 1.34. The van der Waals surface area contributed by atoms with Gasteiger partial charge in [0.1, 0.15) is 11.4 Å². The molecule has 3 heterocycles. The zero-order valence-electron chi connectivity index (χ0n) is 19.6. The lowest BCUT2D eigenvalue weighted by Gasteiger charge is -2.41. The first-order valence-corrected chi connectivity index (χ1v) is 11.3. The van der Waals surface area contributed by atoms with E-state index in [1.54, 1.807) is 25.7 Å². The zero-order valence-corrected chi connectivity index (χ0v) is 19.6. The van der Waals surface area contributed by atoms with Crippen LogP contribution in [0.5, 0.6) is 0 Å². The van der Waals surface area contributed by atoms with Gasteiger partial charge in [0.25, 0.3) is 0 Å². The topological polar surface area (TPSA) is 114 Å². The van der Waals surface area contributed by atoms with Crippen molar-refractivity contribution in [1.82, 2.24) is 25.3 Å². The number of halogens is 3. The molecule has 0 bridgehead atoms. The van der Waals surface area contributed by atoms with Crippen molar-refractivity contribution in [3.8, 4) is 11.4 Å². The number of amides is 2. The first kappa shape index (κ1) is 24.7. The van der Waals surface area contributed by atoms with Gasteiger partial charge in [0.05, 0.1) is 11.1 Å². The van der Waals surface area contributed by atoms with Crippen molar-refractivity contribution in [2.75, 3.05) is 31.1 Å². The molecular formula is C22H27F3N6O4. The molecule has 1 aliphatic heterocycles. The van der Waals surface area contributed by atoms with Crippen LogP contribution < -0.4 is 10.2 Å². The maximum atomic E-state index is 13.2. The number of nitrogens with one attached hydrogen (secondary N) is 1. The highest BCUT2D eigenvalue weighted by Crippen LogP contribution is 2.35. The van der Waals surface area contributed by atoms with Crippen molar-refractivity contribution in [2.24, 2.45) is 5.92 Å². The van der Waals surface area contributed by atoms with Gasteiger partial charge in [-0.3, -0.25) is 4.79 Å². The lowest BCUT2D eigenvalue weighted by Crippen LogP contribution is -2.55. The fourth-order valence-corrected chi connectivity index (χ4v) is 4.13. The highest BCUT2D eigenvalue weighted by molar-refractivity contribution is 5.81. The number of rotatable bonds is 4. The van der Waals surface area contributed by atoms with Crippen molar-refractivity contribution < 1.29 is 32.0 Å². The van der Waals surface area contributed by atoms with E-state index in [1.807, 2.05) is 4.90 Å². The molecule has 2 aromatic heterocycles. The number of ether oxygens (including phenoxy) is 1. The number of aromatic nitrogens is 3. The van der Waals surface area contributed by atoms with Crippen LogP contribution in [0.1, 0.15) is 39.2 Å². The summed E-state index contributed by atoms with van der Waals surface area (Å²) in [4.78, 5) is 36.2. The largest absolute Gasteiger partial charge is 0.444 e. The van der Waals surface area contributed by atoms with Crippen LogP contribution in [0.25, 0.3) is 11.4 Å². The Hall–Kier alpha value is -3.38. The van der Waals surface area contributed by atoms with Gasteiger partial charge in [-0.1, -0.05) is 5.16 Å². The summed E-state index contributed by atoms with van der Waals surface area (Å²) in [6.07, 6.45) is -2.15. The van der Waals surface area contributed by atoms with Crippen LogP contribution >= 0.6 is 0 Å². The molecule has 35 heavy (non-hydrogen) atoms. The third-order valence-corrected chi connectivity index (χ3v) is 5.90. The number of piperazine rings is 1. The normalized spacial score (nSPS) is 20.9. The van der Waals surface area contributed by atoms with E-state index in [4.69, 9.17) is 9.26 Å². The number of hydrogen-bond acceptors (Lipinski definition) is 8. The van der Waals surface area contributed by atoms with Crippen molar-refractivity contribution >= 4 is 17.8 Å². The minimum absolute atomic E-state index is 0.00524. The molecule has 190 valence electrons. The second-order valence-corrected chi connectivity index (χ2v) is 9.67. The number of carbonyl (C=O) groups excluding carboxylic acids is 2. The number of carbonyl (C=O) groups is 2. The standard InChI is InChI=1S/C22H27F3N6O4/c1-21(2,3)35-20(33)28-15-8-13(9-15)19(32)31-6-4-30(5-7-31)18-16(17-27-12-34-29-17)10-14(11-26-18)22(23,24)25/h10-13,15H,4-9H2,1-3H3,(H,28,33). The maximum Gasteiger partial charge on any atom is 0.417 e. The van der Waals surface area contributed by atoms with Crippen LogP contribution in [0, 0.1) is 5.92 Å². The molecule has 1 saturated heterocycles. The van der Waals surface area contributed by atoms with E-state index >= 15 is 0 Å². The third-order valence-electron chi connectivity index (χ3n) is 5.90. The van der Waals surface area contributed by atoms with Crippen LogP contribution in [0.2, 0.25) is 0 Å². The Bertz CT molecular complexity index is 1060. The summed E-state index contributed by atoms with van der Waals surface area (Å²) in [5, 5.41) is 6.45. The van der Waals surface area contributed by atoms with Gasteiger partial charge in [0.2, 0.25) is 18.1 Å². The fraction of sp³-hybridized carbons (Fsp3) is 0.591. The van der Waals surface area contributed by atoms with Crippen LogP contribution in [-0.2, 0) is 15.7 Å². The summed E-state index contributed by atoms with van der Waals surface area (Å²) in [5.41, 5.74) is -1.38. The van der Waals surface area contributed by atoms with E-state index in [9.17, 15) is 22.8 Å². The predicted molar refractivity (Wildman–Crippen MR) is 117 cm³/mol. The number of alkyl halides is 3. The van der Waals surface area contributed by atoms with E-state index < -0.39 is 23.4 Å². The molecule has 0 atom stereocenters. The van der Waals surface area contributed by atoms with Crippen LogP contribution in [0.3, 0.4) is 0 Å². The van der Waals surface area contributed by atoms with Gasteiger partial charge >= 0.3 is 12.3 Å². The summed E-state index contributed by atoms with van der Waals surface area (Å²) in [6, 6.07) is 0.852. The fourth-order valence-electron chi connectivity index (χ4n) is 4.13. The minimum atomic E-state index is -4.56. The first-order valence-electron chi connectivity index (χ1n) is 11.3. The van der Waals surface area contributed by atoms with Gasteiger partial charge in [-0.25, -0.2) is 9.78 Å². The van der Waals surface area contributed by atoms with E-state index in [0.717, 1.165) is 18.7 Å². The highest BCUT2D eigenvalue weighted by Gasteiger charge is 2.39. The smallest absolute Gasteiger partial charge is 0.417 e. The van der Waals surface area contributed by atoms with E-state index in [1.165, 1.54) is 0 Å². The number of nitrogens with zero attached hydrogens (tertiary/aromatic N) is 5. The summed E-state index contributed by atoms with van der Waals surface area (Å²) in [6.45, 7) is 6.92.